The highest BCUT2D eigenvalue weighted by atomic mass is 31.2. The van der Waals surface area contributed by atoms with Gasteiger partial charge in [-0.15, -0.1) is 0 Å². The molecule has 0 aliphatic heterocycles. The molecule has 600 valence electrons. The molecule has 0 saturated carbocycles. The number of phosphoric ester groups is 2. The number of carbonyl (C=O) groups is 4. The molecule has 3 unspecified atom stereocenters. The summed E-state index contributed by atoms with van der Waals surface area (Å²) in [5.74, 6) is -0.472. The lowest BCUT2D eigenvalue weighted by Crippen LogP contribution is -2.30. The first-order chi connectivity index (χ1) is 48.9. The van der Waals surface area contributed by atoms with Gasteiger partial charge in [-0.25, -0.2) is 9.13 Å². The molecule has 101 heavy (non-hydrogen) atoms. The van der Waals surface area contributed by atoms with Crippen molar-refractivity contribution in [3.05, 3.63) is 0 Å². The molecule has 17 nitrogen and oxygen atoms in total. The van der Waals surface area contributed by atoms with Crippen LogP contribution in [0.4, 0.5) is 0 Å². The van der Waals surface area contributed by atoms with Gasteiger partial charge < -0.3 is 33.8 Å². The van der Waals surface area contributed by atoms with Crippen LogP contribution < -0.4 is 0 Å². The van der Waals surface area contributed by atoms with E-state index in [1.165, 1.54) is 244 Å². The van der Waals surface area contributed by atoms with Crippen molar-refractivity contribution in [1.82, 2.24) is 0 Å². The van der Waals surface area contributed by atoms with Crippen molar-refractivity contribution in [1.29, 1.82) is 0 Å². The summed E-state index contributed by atoms with van der Waals surface area (Å²) in [5.41, 5.74) is 0. The maximum absolute atomic E-state index is 13.1. The van der Waals surface area contributed by atoms with E-state index in [1.54, 1.807) is 0 Å². The molecule has 6 atom stereocenters. The molecule has 0 fully saturated rings. The average molecular weight is 1480 g/mol. The minimum atomic E-state index is -4.96. The first-order valence-electron chi connectivity index (χ1n) is 42.5. The van der Waals surface area contributed by atoms with Crippen LogP contribution in [0.15, 0.2) is 0 Å². The number of unbranched alkanes of at least 4 members (excludes halogenated alkanes) is 50. The molecule has 19 heteroatoms. The summed E-state index contributed by atoms with van der Waals surface area (Å²) >= 11 is 0. The molecule has 3 N–H and O–H groups in total. The number of rotatable bonds is 81. The van der Waals surface area contributed by atoms with Gasteiger partial charge >= 0.3 is 39.5 Å². The first kappa shape index (κ1) is 99.1. The maximum atomic E-state index is 13.1. The zero-order chi connectivity index (χ0) is 74.2. The molecule has 0 aliphatic carbocycles. The second-order valence-electron chi connectivity index (χ2n) is 30.2. The van der Waals surface area contributed by atoms with Gasteiger partial charge in [0.25, 0.3) is 0 Å². The number of aliphatic hydroxyl groups excluding tert-OH is 1. The third-order valence-electron chi connectivity index (χ3n) is 19.6. The number of ether oxygens (including phenoxy) is 4. The van der Waals surface area contributed by atoms with E-state index in [1.807, 2.05) is 0 Å². The Balaban J connectivity index is 5.11. The molecule has 0 aromatic rings. The predicted octanol–water partition coefficient (Wildman–Crippen LogP) is 24.7. The number of carbonyl (C=O) groups excluding carboxylic acids is 4. The van der Waals surface area contributed by atoms with Gasteiger partial charge in [-0.1, -0.05) is 382 Å². The Bertz CT molecular complexity index is 1940. The van der Waals surface area contributed by atoms with Crippen LogP contribution in [0.1, 0.15) is 433 Å². The van der Waals surface area contributed by atoms with Crippen LogP contribution in [0.25, 0.3) is 0 Å². The Morgan fingerprint density at radius 1 is 0.287 bits per heavy atom. The van der Waals surface area contributed by atoms with E-state index < -0.39 is 97.5 Å². The second kappa shape index (κ2) is 73.6. The van der Waals surface area contributed by atoms with E-state index >= 15 is 0 Å². The molecule has 0 rings (SSSR count). The summed E-state index contributed by atoms with van der Waals surface area (Å²) < 4.78 is 68.5. The lowest BCUT2D eigenvalue weighted by Gasteiger charge is -2.21. The number of hydrogen-bond acceptors (Lipinski definition) is 15. The highest BCUT2D eigenvalue weighted by molar-refractivity contribution is 7.47. The SMILES string of the molecule is CCCCCCCCCCCCCCCCCCCCCC(=O)OC[C@H](COP(=O)(O)OC[C@@H](O)COP(=O)(O)OC[C@@H](COC(=O)CCCCCCC)OC(=O)CCCCCCCCCCCCCCC(C)C)OC(=O)CCCCCCCCCCCCCCCCCCCCC(C)CC. The molecular weight excluding hydrogens is 1320 g/mol. The van der Waals surface area contributed by atoms with E-state index in [4.69, 9.17) is 37.0 Å². The summed E-state index contributed by atoms with van der Waals surface area (Å²) in [7, 11) is -9.91. The fourth-order valence-corrected chi connectivity index (χ4v) is 14.3. The minimum Gasteiger partial charge on any atom is -0.462 e. The highest BCUT2D eigenvalue weighted by Crippen LogP contribution is 2.45. The Hall–Kier alpha value is -1.94. The fourth-order valence-electron chi connectivity index (χ4n) is 12.7. The van der Waals surface area contributed by atoms with E-state index in [9.17, 15) is 43.2 Å². The van der Waals surface area contributed by atoms with Crippen LogP contribution in [-0.2, 0) is 65.4 Å². The molecule has 0 spiro atoms. The zero-order valence-electron chi connectivity index (χ0n) is 66.2. The lowest BCUT2D eigenvalue weighted by atomic mass is 9.99. The molecule has 0 aromatic heterocycles. The van der Waals surface area contributed by atoms with E-state index in [0.717, 1.165) is 108 Å². The first-order valence-corrected chi connectivity index (χ1v) is 45.5. The Labute approximate surface area is 619 Å². The van der Waals surface area contributed by atoms with Crippen molar-refractivity contribution in [3.8, 4) is 0 Å². The molecule has 0 saturated heterocycles. The lowest BCUT2D eigenvalue weighted by molar-refractivity contribution is -0.161. The summed E-state index contributed by atoms with van der Waals surface area (Å²) in [4.78, 5) is 72.7. The van der Waals surface area contributed by atoms with Crippen LogP contribution in [0.5, 0.6) is 0 Å². The van der Waals surface area contributed by atoms with E-state index in [0.29, 0.717) is 25.7 Å². The summed E-state index contributed by atoms with van der Waals surface area (Å²) in [6.07, 6.45) is 64.3. The van der Waals surface area contributed by atoms with Gasteiger partial charge in [0.2, 0.25) is 0 Å². The summed E-state index contributed by atoms with van der Waals surface area (Å²) in [5, 5.41) is 10.6. The Morgan fingerprint density at radius 2 is 0.505 bits per heavy atom. The van der Waals surface area contributed by atoms with E-state index in [2.05, 4.69) is 41.5 Å². The Kier molecular flexibility index (Phi) is 72.2. The van der Waals surface area contributed by atoms with Crippen LogP contribution in [-0.4, -0.2) is 96.7 Å². The standard InChI is InChI=1S/C82H160O17P2/c1-7-10-12-14-15-16-17-18-19-20-21-25-28-31-37-42-47-53-59-65-80(85)93-71-78(99-82(87)67-60-54-48-43-38-32-29-26-23-22-24-27-30-36-41-46-52-57-63-75(6)9-3)73-97-101(90,91)95-69-76(83)68-94-100(88,89)96-72-77(70-92-79(84)64-58-50-13-11-8-2)98-81(86)66-61-55-49-44-39-34-33-35-40-45-51-56-62-74(4)5/h74-78,83H,7-73H2,1-6H3,(H,88,89)(H,90,91)/t75?,76-,77+,78+/m0/s1. The number of esters is 4. The monoisotopic (exact) mass is 1480 g/mol. The van der Waals surface area contributed by atoms with Gasteiger partial charge in [0.05, 0.1) is 26.4 Å². The smallest absolute Gasteiger partial charge is 0.462 e. The molecule has 0 aliphatic rings. The van der Waals surface area contributed by atoms with Gasteiger partial charge in [-0.2, -0.15) is 0 Å². The quantitative estimate of drug-likeness (QED) is 0.0222. The Morgan fingerprint density at radius 3 is 0.752 bits per heavy atom. The van der Waals surface area contributed by atoms with Crippen LogP contribution in [0.3, 0.4) is 0 Å². The molecule has 0 amide bonds. The molecule has 0 bridgehead atoms. The topological polar surface area (TPSA) is 237 Å². The van der Waals surface area contributed by atoms with Crippen LogP contribution in [0, 0.1) is 11.8 Å². The van der Waals surface area contributed by atoms with Crippen molar-refractivity contribution >= 4 is 39.5 Å². The number of aliphatic hydroxyl groups is 1. The van der Waals surface area contributed by atoms with Crippen molar-refractivity contribution in [2.24, 2.45) is 11.8 Å². The minimum absolute atomic E-state index is 0.106. The van der Waals surface area contributed by atoms with Crippen molar-refractivity contribution < 1.29 is 80.2 Å². The van der Waals surface area contributed by atoms with Gasteiger partial charge in [0, 0.05) is 25.7 Å². The average Bonchev–Trinajstić information content (AvgIpc) is 0.980. The number of phosphoric acid groups is 2. The largest absolute Gasteiger partial charge is 0.472 e. The predicted molar refractivity (Wildman–Crippen MR) is 414 cm³/mol. The van der Waals surface area contributed by atoms with E-state index in [-0.39, 0.29) is 25.7 Å². The van der Waals surface area contributed by atoms with Gasteiger partial charge in [0.15, 0.2) is 12.2 Å². The van der Waals surface area contributed by atoms with Crippen molar-refractivity contribution in [2.45, 2.75) is 452 Å². The fraction of sp³-hybridized carbons (Fsp3) is 0.951. The molecular formula is C82H160O17P2. The van der Waals surface area contributed by atoms with Crippen molar-refractivity contribution in [3.63, 3.8) is 0 Å². The molecule has 0 heterocycles. The second-order valence-corrected chi connectivity index (χ2v) is 33.1. The normalized spacial score (nSPS) is 14.2. The maximum Gasteiger partial charge on any atom is 0.472 e. The number of hydrogen-bond donors (Lipinski definition) is 3. The molecule has 0 aromatic carbocycles. The highest BCUT2D eigenvalue weighted by Gasteiger charge is 2.30. The van der Waals surface area contributed by atoms with Gasteiger partial charge in [-0.05, 0) is 37.5 Å². The third-order valence-corrected chi connectivity index (χ3v) is 21.5. The molecule has 0 radical (unpaired) electrons. The third kappa shape index (κ3) is 74.7. The van der Waals surface area contributed by atoms with Crippen molar-refractivity contribution in [2.75, 3.05) is 39.6 Å². The summed E-state index contributed by atoms with van der Waals surface area (Å²) in [6.45, 7) is 9.62. The summed E-state index contributed by atoms with van der Waals surface area (Å²) in [6, 6.07) is 0. The van der Waals surface area contributed by atoms with Gasteiger partial charge in [0.1, 0.15) is 19.3 Å². The van der Waals surface area contributed by atoms with Gasteiger partial charge in [-0.3, -0.25) is 37.3 Å². The zero-order valence-corrected chi connectivity index (χ0v) is 68.0. The van der Waals surface area contributed by atoms with Crippen LogP contribution in [0.2, 0.25) is 0 Å². The van der Waals surface area contributed by atoms with Crippen LogP contribution >= 0.6 is 15.6 Å².